The lowest BCUT2D eigenvalue weighted by Crippen LogP contribution is -2.57. The maximum absolute atomic E-state index is 13.4. The molecule has 5 atom stereocenters. The van der Waals surface area contributed by atoms with Crippen LogP contribution in [0.4, 0.5) is 14.5 Å². The molecule has 1 fully saturated rings. The molecule has 2 rings (SSSR count). The fourth-order valence-electron chi connectivity index (χ4n) is 2.14. The molecule has 24 heavy (non-hydrogen) atoms. The Labute approximate surface area is 140 Å². The number of rotatable bonds is 5. The first-order valence-corrected chi connectivity index (χ1v) is 8.05. The van der Waals surface area contributed by atoms with Crippen molar-refractivity contribution in [3.05, 3.63) is 29.8 Å². The van der Waals surface area contributed by atoms with Gasteiger partial charge in [0, 0.05) is 6.07 Å². The van der Waals surface area contributed by atoms with Crippen LogP contribution in [-0.4, -0.2) is 68.5 Å². The zero-order valence-electron chi connectivity index (χ0n) is 12.3. The van der Waals surface area contributed by atoms with E-state index in [1.807, 2.05) is 0 Å². The Morgan fingerprint density at radius 2 is 1.92 bits per heavy atom. The molecular formula is C14H17F2NO6S. The number of benzene rings is 1. The molecule has 7 nitrogen and oxygen atoms in total. The van der Waals surface area contributed by atoms with Crippen LogP contribution in [0, 0.1) is 11.6 Å². The molecule has 0 saturated carbocycles. The van der Waals surface area contributed by atoms with Crippen LogP contribution in [0.3, 0.4) is 0 Å². The lowest BCUT2D eigenvalue weighted by Gasteiger charge is -2.39. The Balaban J connectivity index is 1.91. The van der Waals surface area contributed by atoms with Crippen molar-refractivity contribution in [1.29, 1.82) is 0 Å². The highest BCUT2D eigenvalue weighted by molar-refractivity contribution is 8.00. The van der Waals surface area contributed by atoms with Gasteiger partial charge in [0.2, 0.25) is 5.91 Å². The Bertz CT molecular complexity index is 590. The predicted molar refractivity (Wildman–Crippen MR) is 81.2 cm³/mol. The third kappa shape index (κ3) is 4.41. The molecule has 1 amide bonds. The molecule has 0 radical (unpaired) electrons. The Morgan fingerprint density at radius 3 is 2.54 bits per heavy atom. The van der Waals surface area contributed by atoms with E-state index < -0.39 is 54.0 Å². The van der Waals surface area contributed by atoms with Gasteiger partial charge in [0.05, 0.1) is 18.0 Å². The van der Waals surface area contributed by atoms with Crippen molar-refractivity contribution in [2.75, 3.05) is 17.7 Å². The number of carbonyl (C=O) groups is 1. The van der Waals surface area contributed by atoms with Crippen LogP contribution in [0.1, 0.15) is 0 Å². The fourth-order valence-corrected chi connectivity index (χ4v) is 3.11. The van der Waals surface area contributed by atoms with Gasteiger partial charge in [-0.05, 0) is 12.1 Å². The average molecular weight is 365 g/mol. The summed E-state index contributed by atoms with van der Waals surface area (Å²) in [4.78, 5) is 11.8. The summed E-state index contributed by atoms with van der Waals surface area (Å²) >= 11 is 0.804. The van der Waals surface area contributed by atoms with Gasteiger partial charge in [-0.2, -0.15) is 0 Å². The first kappa shape index (κ1) is 19.0. The summed E-state index contributed by atoms with van der Waals surface area (Å²) in [6, 6.07) is 2.69. The van der Waals surface area contributed by atoms with E-state index in [9.17, 15) is 28.9 Å². The summed E-state index contributed by atoms with van der Waals surface area (Å²) in [5.41, 5.74) is -1.26. The first-order valence-electron chi connectivity index (χ1n) is 7.00. The van der Waals surface area contributed by atoms with Crippen LogP contribution in [0.5, 0.6) is 0 Å². The molecule has 134 valence electrons. The number of ether oxygens (including phenoxy) is 1. The van der Waals surface area contributed by atoms with Gasteiger partial charge < -0.3 is 30.5 Å². The van der Waals surface area contributed by atoms with Gasteiger partial charge in [0.1, 0.15) is 41.5 Å². The van der Waals surface area contributed by atoms with Gasteiger partial charge in [0.15, 0.2) is 0 Å². The SMILES string of the molecule is O=C(CS[C@H]1O[C@H](CO)[C@@H](O)[C@H](O)[C@H]1O)Nc1ccc(F)cc1F. The van der Waals surface area contributed by atoms with Gasteiger partial charge >= 0.3 is 0 Å². The highest BCUT2D eigenvalue weighted by Crippen LogP contribution is 2.28. The van der Waals surface area contributed by atoms with Gasteiger partial charge in [0.25, 0.3) is 0 Å². The van der Waals surface area contributed by atoms with Crippen LogP contribution >= 0.6 is 11.8 Å². The maximum Gasteiger partial charge on any atom is 0.234 e. The summed E-state index contributed by atoms with van der Waals surface area (Å²) in [5, 5.41) is 40.4. The van der Waals surface area contributed by atoms with E-state index in [0.717, 1.165) is 23.9 Å². The molecule has 0 spiro atoms. The minimum atomic E-state index is -1.54. The third-order valence-electron chi connectivity index (χ3n) is 3.43. The number of carbonyl (C=O) groups excluding carboxylic acids is 1. The van der Waals surface area contributed by atoms with E-state index in [-0.39, 0.29) is 11.4 Å². The van der Waals surface area contributed by atoms with E-state index in [2.05, 4.69) is 5.32 Å². The predicted octanol–water partition coefficient (Wildman–Crippen LogP) is -0.564. The van der Waals surface area contributed by atoms with Crippen LogP contribution in [0.2, 0.25) is 0 Å². The molecular weight excluding hydrogens is 348 g/mol. The van der Waals surface area contributed by atoms with Gasteiger partial charge in [-0.15, -0.1) is 11.8 Å². The van der Waals surface area contributed by atoms with E-state index in [0.29, 0.717) is 6.07 Å². The second-order valence-corrected chi connectivity index (χ2v) is 6.27. The van der Waals surface area contributed by atoms with E-state index in [4.69, 9.17) is 9.84 Å². The molecule has 0 unspecified atom stereocenters. The van der Waals surface area contributed by atoms with Crippen LogP contribution in [0.25, 0.3) is 0 Å². The summed E-state index contributed by atoms with van der Waals surface area (Å²) in [6.45, 7) is -0.574. The molecule has 0 bridgehead atoms. The molecule has 1 aliphatic rings. The Kier molecular flexibility index (Phi) is 6.49. The molecule has 1 aliphatic heterocycles. The van der Waals surface area contributed by atoms with Crippen molar-refractivity contribution >= 4 is 23.4 Å². The molecule has 0 aliphatic carbocycles. The second kappa shape index (κ2) is 8.19. The van der Waals surface area contributed by atoms with Gasteiger partial charge in [-0.1, -0.05) is 0 Å². The zero-order chi connectivity index (χ0) is 17.9. The van der Waals surface area contributed by atoms with Crippen LogP contribution in [0.15, 0.2) is 18.2 Å². The van der Waals surface area contributed by atoms with Gasteiger partial charge in [-0.3, -0.25) is 4.79 Å². The van der Waals surface area contributed by atoms with Crippen LogP contribution < -0.4 is 5.32 Å². The lowest BCUT2D eigenvalue weighted by atomic mass is 10.0. The zero-order valence-corrected chi connectivity index (χ0v) is 13.1. The molecule has 1 aromatic rings. The number of nitrogens with one attached hydrogen (secondary N) is 1. The molecule has 1 aromatic carbocycles. The smallest absolute Gasteiger partial charge is 0.234 e. The number of hydrogen-bond donors (Lipinski definition) is 5. The first-order chi connectivity index (χ1) is 11.3. The van der Waals surface area contributed by atoms with E-state index in [1.54, 1.807) is 0 Å². The standard InChI is InChI=1S/C14H17F2NO6S/c15-6-1-2-8(7(16)3-6)17-10(19)5-24-14-13(22)12(21)11(20)9(4-18)23-14/h1-3,9,11-14,18,20-22H,4-5H2,(H,17,19)/t9-,11-,12+,13-,14-/m1/s1. The number of hydrogen-bond acceptors (Lipinski definition) is 7. The van der Waals surface area contributed by atoms with E-state index >= 15 is 0 Å². The van der Waals surface area contributed by atoms with Crippen molar-refractivity contribution in [3.8, 4) is 0 Å². The second-order valence-electron chi connectivity index (χ2n) is 5.18. The number of thioether (sulfide) groups is 1. The lowest BCUT2D eigenvalue weighted by molar-refractivity contribution is -0.205. The van der Waals surface area contributed by atoms with Crippen molar-refractivity contribution in [3.63, 3.8) is 0 Å². The van der Waals surface area contributed by atoms with Crippen molar-refractivity contribution in [1.82, 2.24) is 0 Å². The molecule has 5 N–H and O–H groups in total. The van der Waals surface area contributed by atoms with Crippen molar-refractivity contribution in [2.24, 2.45) is 0 Å². The number of amides is 1. The summed E-state index contributed by atoms with van der Waals surface area (Å²) in [5.74, 6) is -2.61. The minimum absolute atomic E-state index is 0.198. The topological polar surface area (TPSA) is 119 Å². The highest BCUT2D eigenvalue weighted by atomic mass is 32.2. The molecule has 1 saturated heterocycles. The third-order valence-corrected chi connectivity index (χ3v) is 4.58. The van der Waals surface area contributed by atoms with Gasteiger partial charge in [-0.25, -0.2) is 8.78 Å². The average Bonchev–Trinajstić information content (AvgIpc) is 2.55. The Morgan fingerprint density at radius 1 is 1.21 bits per heavy atom. The molecule has 0 aromatic heterocycles. The number of aliphatic hydroxyl groups is 4. The molecule has 10 heteroatoms. The largest absolute Gasteiger partial charge is 0.394 e. The number of anilines is 1. The normalized spacial score (nSPS) is 30.2. The Hall–Kier alpha value is -1.30. The molecule has 1 heterocycles. The summed E-state index contributed by atoms with van der Waals surface area (Å²) in [6.07, 6.45) is -5.56. The minimum Gasteiger partial charge on any atom is -0.394 e. The van der Waals surface area contributed by atoms with E-state index in [1.165, 1.54) is 0 Å². The quantitative estimate of drug-likeness (QED) is 0.474. The summed E-state index contributed by atoms with van der Waals surface area (Å²) < 4.78 is 31.5. The highest BCUT2D eigenvalue weighted by Gasteiger charge is 2.43. The van der Waals surface area contributed by atoms with Crippen molar-refractivity contribution in [2.45, 2.75) is 29.9 Å². The summed E-state index contributed by atoms with van der Waals surface area (Å²) in [7, 11) is 0. The number of halogens is 2. The maximum atomic E-state index is 13.4. The fraction of sp³-hybridized carbons (Fsp3) is 0.500. The number of aliphatic hydroxyl groups excluding tert-OH is 4. The van der Waals surface area contributed by atoms with Crippen molar-refractivity contribution < 1.29 is 38.7 Å². The van der Waals surface area contributed by atoms with Crippen LogP contribution in [-0.2, 0) is 9.53 Å². The monoisotopic (exact) mass is 365 g/mol.